The van der Waals surface area contributed by atoms with Crippen molar-refractivity contribution in [2.45, 2.75) is 26.7 Å². The first-order chi connectivity index (χ1) is 8.58. The maximum atomic E-state index is 11.8. The van der Waals surface area contributed by atoms with Crippen LogP contribution in [0.5, 0.6) is 0 Å². The third-order valence-electron chi connectivity index (χ3n) is 3.38. The third-order valence-corrected chi connectivity index (χ3v) is 3.38. The Labute approximate surface area is 109 Å². The number of amides is 1. The molecule has 0 radical (unpaired) electrons. The number of rotatable bonds is 5. The van der Waals surface area contributed by atoms with Crippen LogP contribution >= 0.6 is 0 Å². The van der Waals surface area contributed by atoms with Crippen LogP contribution in [-0.2, 0) is 14.3 Å². The molecule has 0 N–H and O–H groups in total. The molecule has 0 saturated carbocycles. The minimum absolute atomic E-state index is 0.0709. The van der Waals surface area contributed by atoms with Crippen LogP contribution in [0.4, 0.5) is 0 Å². The first kappa shape index (κ1) is 15.0. The molecule has 104 valence electrons. The molecule has 0 aromatic carbocycles. The van der Waals surface area contributed by atoms with Gasteiger partial charge in [-0.15, -0.1) is 0 Å². The van der Waals surface area contributed by atoms with E-state index >= 15 is 0 Å². The minimum atomic E-state index is -0.126. The summed E-state index contributed by atoms with van der Waals surface area (Å²) in [7, 11) is 1.80. The Kier molecular flexibility index (Phi) is 6.12. The number of carbonyl (C=O) groups excluding carboxylic acids is 2. The van der Waals surface area contributed by atoms with Gasteiger partial charge in [0.25, 0.3) is 0 Å². The summed E-state index contributed by atoms with van der Waals surface area (Å²) in [5, 5.41) is 0. The molecule has 1 heterocycles. The van der Waals surface area contributed by atoms with Crippen LogP contribution in [0.1, 0.15) is 26.7 Å². The number of hydrogen-bond donors (Lipinski definition) is 0. The number of hydrogen-bond acceptors (Lipinski definition) is 4. The summed E-state index contributed by atoms with van der Waals surface area (Å²) in [5.41, 5.74) is 0. The molecule has 5 nitrogen and oxygen atoms in total. The van der Waals surface area contributed by atoms with E-state index in [1.165, 1.54) is 0 Å². The van der Waals surface area contributed by atoms with E-state index in [2.05, 4.69) is 4.90 Å². The predicted octanol–water partition coefficient (Wildman–Crippen LogP) is 0.740. The minimum Gasteiger partial charge on any atom is -0.466 e. The van der Waals surface area contributed by atoms with Crippen molar-refractivity contribution in [2.24, 2.45) is 5.92 Å². The Morgan fingerprint density at radius 1 is 1.39 bits per heavy atom. The van der Waals surface area contributed by atoms with E-state index in [1.54, 1.807) is 11.9 Å². The largest absolute Gasteiger partial charge is 0.466 e. The van der Waals surface area contributed by atoms with E-state index in [4.69, 9.17) is 4.74 Å². The Balaban J connectivity index is 2.44. The molecule has 18 heavy (non-hydrogen) atoms. The summed E-state index contributed by atoms with van der Waals surface area (Å²) in [6.07, 6.45) is 1.82. The van der Waals surface area contributed by atoms with E-state index in [-0.39, 0.29) is 17.8 Å². The van der Waals surface area contributed by atoms with E-state index < -0.39 is 0 Å². The topological polar surface area (TPSA) is 49.9 Å². The summed E-state index contributed by atoms with van der Waals surface area (Å²) in [6, 6.07) is 0. The van der Waals surface area contributed by atoms with Crippen molar-refractivity contribution >= 4 is 11.9 Å². The molecule has 1 aliphatic rings. The summed E-state index contributed by atoms with van der Waals surface area (Å²) in [4.78, 5) is 27.2. The van der Waals surface area contributed by atoms with Crippen molar-refractivity contribution in [2.75, 3.05) is 39.8 Å². The molecule has 0 aliphatic carbocycles. The van der Waals surface area contributed by atoms with Gasteiger partial charge >= 0.3 is 5.97 Å². The number of carbonyl (C=O) groups is 2. The second kappa shape index (κ2) is 7.36. The van der Waals surface area contributed by atoms with Crippen LogP contribution in [0.2, 0.25) is 0 Å². The van der Waals surface area contributed by atoms with Crippen LogP contribution in [-0.4, -0.2) is 61.5 Å². The van der Waals surface area contributed by atoms with Crippen molar-refractivity contribution in [1.82, 2.24) is 9.80 Å². The molecule has 1 rings (SSSR count). The van der Waals surface area contributed by atoms with Crippen LogP contribution < -0.4 is 0 Å². The molecule has 1 amide bonds. The summed E-state index contributed by atoms with van der Waals surface area (Å²) in [5.74, 6) is -0.0843. The molecule has 1 saturated heterocycles. The van der Waals surface area contributed by atoms with Crippen LogP contribution in [0.25, 0.3) is 0 Å². The number of nitrogens with zero attached hydrogens (tertiary/aromatic N) is 2. The summed E-state index contributed by atoms with van der Waals surface area (Å²) >= 11 is 0. The molecule has 5 heteroatoms. The van der Waals surface area contributed by atoms with Gasteiger partial charge in [-0.3, -0.25) is 14.5 Å². The normalized spacial score (nSPS) is 20.5. The summed E-state index contributed by atoms with van der Waals surface area (Å²) in [6.45, 7) is 6.84. The highest BCUT2D eigenvalue weighted by atomic mass is 16.5. The number of piperidine rings is 1. The van der Waals surface area contributed by atoms with Crippen molar-refractivity contribution in [1.29, 1.82) is 0 Å². The quantitative estimate of drug-likeness (QED) is 0.681. The zero-order chi connectivity index (χ0) is 13.5. The second-order valence-corrected chi connectivity index (χ2v) is 4.73. The highest BCUT2D eigenvalue weighted by Gasteiger charge is 2.28. The Morgan fingerprint density at radius 2 is 2.11 bits per heavy atom. The smallest absolute Gasteiger partial charge is 0.310 e. The molecule has 0 aromatic rings. The number of likely N-dealkylation sites (N-methyl/N-ethyl adjacent to an activating group) is 1. The van der Waals surface area contributed by atoms with Crippen molar-refractivity contribution in [3.05, 3.63) is 0 Å². The lowest BCUT2D eigenvalue weighted by atomic mass is 9.98. The highest BCUT2D eigenvalue weighted by Crippen LogP contribution is 2.17. The lowest BCUT2D eigenvalue weighted by molar-refractivity contribution is -0.150. The molecule has 0 bridgehead atoms. The van der Waals surface area contributed by atoms with E-state index in [0.29, 0.717) is 26.2 Å². The molecule has 0 spiro atoms. The zero-order valence-electron chi connectivity index (χ0n) is 11.6. The van der Waals surface area contributed by atoms with Gasteiger partial charge in [-0.1, -0.05) is 0 Å². The number of esters is 1. The van der Waals surface area contributed by atoms with Gasteiger partial charge in [0.1, 0.15) is 0 Å². The second-order valence-electron chi connectivity index (χ2n) is 4.73. The van der Waals surface area contributed by atoms with Crippen LogP contribution in [0, 0.1) is 5.92 Å². The van der Waals surface area contributed by atoms with Gasteiger partial charge in [0, 0.05) is 20.1 Å². The lowest BCUT2D eigenvalue weighted by Gasteiger charge is -2.31. The highest BCUT2D eigenvalue weighted by molar-refractivity contribution is 5.78. The molecule has 1 atom stereocenters. The molecule has 0 unspecified atom stereocenters. The maximum absolute atomic E-state index is 11.8. The van der Waals surface area contributed by atoms with Gasteiger partial charge in [-0.2, -0.15) is 0 Å². The standard InChI is InChI=1S/C13H24N2O3/c1-4-14(3)12(16)10-15-8-6-7-11(9-15)13(17)18-5-2/h11H,4-10H2,1-3H3/t11-/m1/s1. The molecule has 1 aliphatic heterocycles. The van der Waals surface area contributed by atoms with Gasteiger partial charge in [0.15, 0.2) is 0 Å². The Bertz CT molecular complexity index is 294. The monoisotopic (exact) mass is 256 g/mol. The average Bonchev–Trinajstić information content (AvgIpc) is 2.38. The SMILES string of the molecule is CCOC(=O)[C@@H]1CCCN(CC(=O)N(C)CC)C1. The lowest BCUT2D eigenvalue weighted by Crippen LogP contribution is -2.45. The third kappa shape index (κ3) is 4.29. The van der Waals surface area contributed by atoms with Gasteiger partial charge in [-0.25, -0.2) is 0 Å². The summed E-state index contributed by atoms with van der Waals surface area (Å²) < 4.78 is 5.04. The molecule has 1 fully saturated rings. The first-order valence-corrected chi connectivity index (χ1v) is 6.71. The van der Waals surface area contributed by atoms with Gasteiger partial charge in [-0.05, 0) is 33.2 Å². The molecular weight excluding hydrogens is 232 g/mol. The predicted molar refractivity (Wildman–Crippen MR) is 69.1 cm³/mol. The fraction of sp³-hybridized carbons (Fsp3) is 0.846. The fourth-order valence-electron chi connectivity index (χ4n) is 2.14. The fourth-order valence-corrected chi connectivity index (χ4v) is 2.14. The van der Waals surface area contributed by atoms with E-state index in [9.17, 15) is 9.59 Å². The number of likely N-dealkylation sites (tertiary alicyclic amines) is 1. The average molecular weight is 256 g/mol. The van der Waals surface area contributed by atoms with Gasteiger partial charge in [0.2, 0.25) is 5.91 Å². The van der Waals surface area contributed by atoms with Gasteiger partial charge in [0.05, 0.1) is 19.1 Å². The van der Waals surface area contributed by atoms with E-state index in [1.807, 2.05) is 13.8 Å². The van der Waals surface area contributed by atoms with Gasteiger partial charge < -0.3 is 9.64 Å². The van der Waals surface area contributed by atoms with E-state index in [0.717, 1.165) is 19.4 Å². The van der Waals surface area contributed by atoms with Crippen molar-refractivity contribution in [3.8, 4) is 0 Å². The first-order valence-electron chi connectivity index (χ1n) is 6.71. The van der Waals surface area contributed by atoms with Crippen molar-refractivity contribution in [3.63, 3.8) is 0 Å². The molecule has 0 aromatic heterocycles. The van der Waals surface area contributed by atoms with Crippen LogP contribution in [0.3, 0.4) is 0 Å². The van der Waals surface area contributed by atoms with Crippen LogP contribution in [0.15, 0.2) is 0 Å². The Hall–Kier alpha value is -1.10. The Morgan fingerprint density at radius 3 is 2.72 bits per heavy atom. The van der Waals surface area contributed by atoms with Crippen molar-refractivity contribution < 1.29 is 14.3 Å². The number of ether oxygens (including phenoxy) is 1. The zero-order valence-corrected chi connectivity index (χ0v) is 11.6. The molecular formula is C13H24N2O3. The maximum Gasteiger partial charge on any atom is 0.310 e.